The van der Waals surface area contributed by atoms with Gasteiger partial charge in [-0.2, -0.15) is 0 Å². The summed E-state index contributed by atoms with van der Waals surface area (Å²) in [6, 6.07) is 18.8. The van der Waals surface area contributed by atoms with Gasteiger partial charge in [0.05, 0.1) is 9.79 Å². The second-order valence-electron chi connectivity index (χ2n) is 6.35. The summed E-state index contributed by atoms with van der Waals surface area (Å²) in [7, 11) is -7.52. The van der Waals surface area contributed by atoms with Crippen molar-refractivity contribution in [2.75, 3.05) is 9.44 Å². The monoisotopic (exact) mass is 416 g/mol. The Hall–Kier alpha value is -2.84. The first-order valence-electron chi connectivity index (χ1n) is 8.45. The molecule has 3 aromatic carbocycles. The molecule has 2 N–H and O–H groups in total. The van der Waals surface area contributed by atoms with E-state index < -0.39 is 20.0 Å². The average Bonchev–Trinajstić information content (AvgIpc) is 2.65. The number of benzene rings is 3. The van der Waals surface area contributed by atoms with Gasteiger partial charge in [0.25, 0.3) is 20.0 Å². The highest BCUT2D eigenvalue weighted by Gasteiger charge is 2.17. The number of nitrogens with one attached hydrogen (secondary N) is 2. The molecule has 0 unspecified atom stereocenters. The predicted octanol–water partition coefficient (Wildman–Crippen LogP) is 3.91. The standard InChI is InChI=1S/C20H20N2O4S2/c1-15-8-9-18(14-16(15)2)22-28(25,26)20-12-10-17(11-13-20)21-27(23,24)19-6-4-3-5-7-19/h3-14,21-22H,1-2H3. The van der Waals surface area contributed by atoms with Crippen LogP contribution < -0.4 is 9.44 Å². The highest BCUT2D eigenvalue weighted by atomic mass is 32.2. The zero-order chi connectivity index (χ0) is 20.4. The zero-order valence-corrected chi connectivity index (χ0v) is 17.0. The normalized spacial score (nSPS) is 11.8. The minimum absolute atomic E-state index is 0.0355. The van der Waals surface area contributed by atoms with E-state index in [9.17, 15) is 16.8 Å². The first-order chi connectivity index (χ1) is 13.2. The van der Waals surface area contributed by atoms with E-state index in [1.165, 1.54) is 36.4 Å². The van der Waals surface area contributed by atoms with Crippen molar-refractivity contribution in [1.29, 1.82) is 0 Å². The van der Waals surface area contributed by atoms with Crippen molar-refractivity contribution < 1.29 is 16.8 Å². The molecular formula is C20H20N2O4S2. The first-order valence-corrected chi connectivity index (χ1v) is 11.4. The Bertz CT molecular complexity index is 1190. The van der Waals surface area contributed by atoms with Crippen molar-refractivity contribution >= 4 is 31.4 Å². The Labute approximate surface area is 165 Å². The summed E-state index contributed by atoms with van der Waals surface area (Å²) in [6.07, 6.45) is 0. The molecule has 0 heterocycles. The van der Waals surface area contributed by atoms with Crippen LogP contribution in [0.1, 0.15) is 11.1 Å². The molecule has 0 spiro atoms. The fourth-order valence-corrected chi connectivity index (χ4v) is 4.66. The van der Waals surface area contributed by atoms with Gasteiger partial charge in [-0.15, -0.1) is 0 Å². The highest BCUT2D eigenvalue weighted by Crippen LogP contribution is 2.21. The van der Waals surface area contributed by atoms with Crippen LogP contribution in [0.5, 0.6) is 0 Å². The van der Waals surface area contributed by atoms with Gasteiger partial charge in [0, 0.05) is 11.4 Å². The van der Waals surface area contributed by atoms with Crippen LogP contribution in [0, 0.1) is 13.8 Å². The smallest absolute Gasteiger partial charge is 0.261 e. The summed E-state index contributed by atoms with van der Waals surface area (Å²) in [5.74, 6) is 0. The van der Waals surface area contributed by atoms with Crippen LogP contribution in [0.25, 0.3) is 0 Å². The van der Waals surface area contributed by atoms with Crippen LogP contribution in [0.2, 0.25) is 0 Å². The van der Waals surface area contributed by atoms with Gasteiger partial charge < -0.3 is 0 Å². The topological polar surface area (TPSA) is 92.3 Å². The molecule has 0 amide bonds. The van der Waals surface area contributed by atoms with Gasteiger partial charge >= 0.3 is 0 Å². The lowest BCUT2D eigenvalue weighted by molar-refractivity contribution is 0.600. The molecule has 0 bridgehead atoms. The third-order valence-electron chi connectivity index (χ3n) is 4.23. The van der Waals surface area contributed by atoms with E-state index in [2.05, 4.69) is 9.44 Å². The van der Waals surface area contributed by atoms with Gasteiger partial charge in [-0.25, -0.2) is 16.8 Å². The molecule has 0 atom stereocenters. The minimum Gasteiger partial charge on any atom is -0.280 e. The SMILES string of the molecule is Cc1ccc(NS(=O)(=O)c2ccc(NS(=O)(=O)c3ccccc3)cc2)cc1C. The number of anilines is 2. The summed E-state index contributed by atoms with van der Waals surface area (Å²) >= 11 is 0. The third-order valence-corrected chi connectivity index (χ3v) is 7.02. The van der Waals surface area contributed by atoms with Gasteiger partial charge in [-0.05, 0) is 73.5 Å². The first kappa shape index (κ1) is 19.9. The molecule has 3 aromatic rings. The van der Waals surface area contributed by atoms with Crippen molar-refractivity contribution in [3.63, 3.8) is 0 Å². The summed E-state index contributed by atoms with van der Waals surface area (Å²) in [4.78, 5) is 0.163. The largest absolute Gasteiger partial charge is 0.280 e. The number of sulfonamides is 2. The van der Waals surface area contributed by atoms with E-state index in [1.54, 1.807) is 30.3 Å². The molecule has 28 heavy (non-hydrogen) atoms. The Kier molecular flexibility index (Phi) is 5.44. The quantitative estimate of drug-likeness (QED) is 0.637. The molecule has 0 aromatic heterocycles. The number of aryl methyl sites for hydroxylation is 2. The Morgan fingerprint density at radius 1 is 0.571 bits per heavy atom. The van der Waals surface area contributed by atoms with Crippen LogP contribution in [0.4, 0.5) is 11.4 Å². The molecule has 3 rings (SSSR count). The summed E-state index contributed by atoms with van der Waals surface area (Å²) in [5, 5.41) is 0. The molecule has 146 valence electrons. The zero-order valence-electron chi connectivity index (χ0n) is 15.4. The molecule has 0 radical (unpaired) electrons. The molecule has 0 saturated carbocycles. The summed E-state index contributed by atoms with van der Waals surface area (Å²) in [6.45, 7) is 3.85. The average molecular weight is 417 g/mol. The summed E-state index contributed by atoms with van der Waals surface area (Å²) in [5.41, 5.74) is 2.79. The molecule has 8 heteroatoms. The van der Waals surface area contributed by atoms with Crippen LogP contribution in [0.15, 0.2) is 82.6 Å². The van der Waals surface area contributed by atoms with Crippen LogP contribution in [-0.2, 0) is 20.0 Å². The van der Waals surface area contributed by atoms with Crippen molar-refractivity contribution in [2.24, 2.45) is 0 Å². The van der Waals surface area contributed by atoms with Gasteiger partial charge in [0.15, 0.2) is 0 Å². The molecular weight excluding hydrogens is 396 g/mol. The van der Waals surface area contributed by atoms with Crippen LogP contribution >= 0.6 is 0 Å². The molecule has 0 fully saturated rings. The van der Waals surface area contributed by atoms with E-state index in [4.69, 9.17) is 0 Å². The van der Waals surface area contributed by atoms with Gasteiger partial charge in [0.2, 0.25) is 0 Å². The lowest BCUT2D eigenvalue weighted by Gasteiger charge is -2.11. The van der Waals surface area contributed by atoms with Crippen molar-refractivity contribution in [3.05, 3.63) is 83.9 Å². The third kappa shape index (κ3) is 4.52. The van der Waals surface area contributed by atoms with E-state index in [-0.39, 0.29) is 15.5 Å². The predicted molar refractivity (Wildman–Crippen MR) is 110 cm³/mol. The molecule has 0 aliphatic heterocycles. The molecule has 6 nitrogen and oxygen atoms in total. The van der Waals surface area contributed by atoms with Crippen LogP contribution in [0.3, 0.4) is 0 Å². The maximum Gasteiger partial charge on any atom is 0.261 e. The lowest BCUT2D eigenvalue weighted by atomic mass is 10.1. The second-order valence-corrected chi connectivity index (χ2v) is 9.71. The van der Waals surface area contributed by atoms with E-state index in [0.717, 1.165) is 11.1 Å². The molecule has 0 aliphatic rings. The summed E-state index contributed by atoms with van der Waals surface area (Å²) < 4.78 is 54.8. The lowest BCUT2D eigenvalue weighted by Crippen LogP contribution is -2.14. The Morgan fingerprint density at radius 3 is 1.64 bits per heavy atom. The number of hydrogen-bond donors (Lipinski definition) is 2. The fourth-order valence-electron chi connectivity index (χ4n) is 2.53. The van der Waals surface area contributed by atoms with E-state index in [1.807, 2.05) is 19.9 Å². The second kappa shape index (κ2) is 7.65. The maximum absolute atomic E-state index is 12.6. The molecule has 0 saturated heterocycles. The minimum atomic E-state index is -3.78. The van der Waals surface area contributed by atoms with Crippen molar-refractivity contribution in [2.45, 2.75) is 23.6 Å². The van der Waals surface area contributed by atoms with Gasteiger partial charge in [0.1, 0.15) is 0 Å². The molecule has 0 aliphatic carbocycles. The maximum atomic E-state index is 12.6. The highest BCUT2D eigenvalue weighted by molar-refractivity contribution is 7.93. The number of hydrogen-bond acceptors (Lipinski definition) is 4. The van der Waals surface area contributed by atoms with E-state index >= 15 is 0 Å². The van der Waals surface area contributed by atoms with Gasteiger partial charge in [-0.1, -0.05) is 24.3 Å². The number of rotatable bonds is 6. The van der Waals surface area contributed by atoms with Gasteiger partial charge in [-0.3, -0.25) is 9.44 Å². The van der Waals surface area contributed by atoms with Crippen LogP contribution in [-0.4, -0.2) is 16.8 Å². The Balaban J connectivity index is 1.79. The fraction of sp³-hybridized carbons (Fsp3) is 0.100. The van der Waals surface area contributed by atoms with Crippen molar-refractivity contribution in [3.8, 4) is 0 Å². The van der Waals surface area contributed by atoms with E-state index in [0.29, 0.717) is 5.69 Å². The Morgan fingerprint density at radius 2 is 1.07 bits per heavy atom. The van der Waals surface area contributed by atoms with Crippen molar-refractivity contribution in [1.82, 2.24) is 0 Å².